The summed E-state index contributed by atoms with van der Waals surface area (Å²) < 4.78 is 5.29. The fraction of sp³-hybridized carbons (Fsp3) is 0.174. The monoisotopic (exact) mass is 342 g/mol. The Hall–Kier alpha value is -3.07. The molecule has 4 rings (SSSR count). The van der Waals surface area contributed by atoms with Crippen molar-refractivity contribution in [2.75, 3.05) is 12.4 Å². The summed E-state index contributed by atoms with van der Waals surface area (Å²) in [5.74, 6) is 0.871. The van der Waals surface area contributed by atoms with Gasteiger partial charge in [-0.15, -0.1) is 0 Å². The highest BCUT2D eigenvalue weighted by Crippen LogP contribution is 2.35. The van der Waals surface area contributed by atoms with E-state index in [0.717, 1.165) is 29.3 Å². The van der Waals surface area contributed by atoms with Crippen molar-refractivity contribution in [2.45, 2.75) is 19.4 Å². The summed E-state index contributed by atoms with van der Waals surface area (Å²) in [6, 6.07) is 25.3. The second-order valence-electron chi connectivity index (χ2n) is 6.62. The van der Waals surface area contributed by atoms with Gasteiger partial charge < -0.3 is 10.1 Å². The molecular formula is C23H22N2O. The third-order valence-electron chi connectivity index (χ3n) is 4.79. The maximum Gasteiger partial charge on any atom is 0.118 e. The summed E-state index contributed by atoms with van der Waals surface area (Å²) in [7, 11) is 1.69. The Bertz CT molecular complexity index is 927. The van der Waals surface area contributed by atoms with E-state index in [9.17, 15) is 0 Å². The molecule has 0 radical (unpaired) electrons. The van der Waals surface area contributed by atoms with Gasteiger partial charge in [0.05, 0.1) is 30.2 Å². The van der Waals surface area contributed by atoms with Crippen LogP contribution in [0.1, 0.15) is 29.2 Å². The van der Waals surface area contributed by atoms with Crippen molar-refractivity contribution in [3.63, 3.8) is 0 Å². The normalized spacial score (nSPS) is 16.1. The Labute approximate surface area is 154 Å². The number of aryl methyl sites for hydroxylation is 1. The molecule has 1 aliphatic heterocycles. The van der Waals surface area contributed by atoms with Crippen LogP contribution in [-0.4, -0.2) is 12.8 Å². The van der Waals surface area contributed by atoms with Crippen LogP contribution in [0.25, 0.3) is 0 Å². The van der Waals surface area contributed by atoms with E-state index in [1.54, 1.807) is 7.11 Å². The quantitative estimate of drug-likeness (QED) is 0.664. The van der Waals surface area contributed by atoms with Crippen molar-refractivity contribution in [2.24, 2.45) is 4.99 Å². The average Bonchev–Trinajstić information content (AvgIpc) is 2.88. The standard InChI is InChI=1S/C23H22N2O/c1-16-7-9-17(10-8-16)22-15-23(18-11-13-19(26-2)14-12-18)25-21-6-4-3-5-20(21)24-22/h3-14,23,25H,15H2,1-2H3. The van der Waals surface area contributed by atoms with Crippen molar-refractivity contribution < 1.29 is 4.74 Å². The summed E-state index contributed by atoms with van der Waals surface area (Å²) in [5, 5.41) is 3.67. The first kappa shape index (κ1) is 16.4. The summed E-state index contributed by atoms with van der Waals surface area (Å²) in [4.78, 5) is 4.98. The molecule has 0 aromatic heterocycles. The van der Waals surface area contributed by atoms with Gasteiger partial charge in [-0.1, -0.05) is 54.1 Å². The molecule has 3 nitrogen and oxygen atoms in total. The largest absolute Gasteiger partial charge is 0.497 e. The zero-order valence-electron chi connectivity index (χ0n) is 15.1. The van der Waals surface area contributed by atoms with Crippen molar-refractivity contribution in [1.29, 1.82) is 0 Å². The van der Waals surface area contributed by atoms with Crippen molar-refractivity contribution in [3.05, 3.63) is 89.5 Å². The Kier molecular flexibility index (Phi) is 4.44. The molecule has 0 fully saturated rings. The maximum atomic E-state index is 5.29. The lowest BCUT2D eigenvalue weighted by Gasteiger charge is -2.19. The lowest BCUT2D eigenvalue weighted by Crippen LogP contribution is -2.14. The molecule has 0 bridgehead atoms. The van der Waals surface area contributed by atoms with Gasteiger partial charge in [-0.2, -0.15) is 0 Å². The molecule has 3 aromatic carbocycles. The van der Waals surface area contributed by atoms with Crippen LogP contribution in [0.2, 0.25) is 0 Å². The molecule has 3 aromatic rings. The number of aliphatic imine (C=N–C) groups is 1. The van der Waals surface area contributed by atoms with E-state index < -0.39 is 0 Å². The molecule has 1 atom stereocenters. The molecule has 3 heteroatoms. The molecule has 0 amide bonds. The number of hydrogen-bond donors (Lipinski definition) is 1. The minimum Gasteiger partial charge on any atom is -0.497 e. The zero-order chi connectivity index (χ0) is 17.9. The van der Waals surface area contributed by atoms with Crippen LogP contribution < -0.4 is 10.1 Å². The van der Waals surface area contributed by atoms with Crippen LogP contribution in [0.3, 0.4) is 0 Å². The van der Waals surface area contributed by atoms with Crippen LogP contribution in [0.15, 0.2) is 77.8 Å². The Morgan fingerprint density at radius 3 is 2.38 bits per heavy atom. The first-order valence-electron chi connectivity index (χ1n) is 8.87. The van der Waals surface area contributed by atoms with Gasteiger partial charge >= 0.3 is 0 Å². The summed E-state index contributed by atoms with van der Waals surface area (Å²) in [6.07, 6.45) is 0.823. The SMILES string of the molecule is COc1ccc(C2CC(c3ccc(C)cc3)=Nc3ccccc3N2)cc1. The fourth-order valence-electron chi connectivity index (χ4n) is 3.28. The molecular weight excluding hydrogens is 320 g/mol. The fourth-order valence-corrected chi connectivity index (χ4v) is 3.28. The van der Waals surface area contributed by atoms with Crippen LogP contribution >= 0.6 is 0 Å². The van der Waals surface area contributed by atoms with E-state index in [1.807, 2.05) is 24.3 Å². The van der Waals surface area contributed by atoms with E-state index in [4.69, 9.17) is 9.73 Å². The second-order valence-corrected chi connectivity index (χ2v) is 6.62. The second kappa shape index (κ2) is 7.04. The van der Waals surface area contributed by atoms with E-state index in [-0.39, 0.29) is 6.04 Å². The van der Waals surface area contributed by atoms with Crippen LogP contribution in [0.5, 0.6) is 5.75 Å². The Morgan fingerprint density at radius 1 is 0.923 bits per heavy atom. The number of methoxy groups -OCH3 is 1. The van der Waals surface area contributed by atoms with Crippen molar-refractivity contribution in [1.82, 2.24) is 0 Å². The van der Waals surface area contributed by atoms with Crippen molar-refractivity contribution >= 4 is 17.1 Å². The number of rotatable bonds is 3. The topological polar surface area (TPSA) is 33.6 Å². The van der Waals surface area contributed by atoms with E-state index in [2.05, 4.69) is 60.8 Å². The first-order chi connectivity index (χ1) is 12.7. The van der Waals surface area contributed by atoms with E-state index >= 15 is 0 Å². The minimum absolute atomic E-state index is 0.157. The number of ether oxygens (including phenoxy) is 1. The van der Waals surface area contributed by atoms with Crippen LogP contribution in [-0.2, 0) is 0 Å². The van der Waals surface area contributed by atoms with Crippen LogP contribution in [0, 0.1) is 6.92 Å². The van der Waals surface area contributed by atoms with Gasteiger partial charge in [0.15, 0.2) is 0 Å². The van der Waals surface area contributed by atoms with Crippen LogP contribution in [0.4, 0.5) is 11.4 Å². The lowest BCUT2D eigenvalue weighted by molar-refractivity contribution is 0.414. The maximum absolute atomic E-state index is 5.29. The molecule has 0 aliphatic carbocycles. The predicted octanol–water partition coefficient (Wildman–Crippen LogP) is 5.68. The van der Waals surface area contributed by atoms with Gasteiger partial charge in [-0.3, -0.25) is 4.99 Å². The lowest BCUT2D eigenvalue weighted by atomic mass is 9.97. The summed E-state index contributed by atoms with van der Waals surface area (Å²) >= 11 is 0. The first-order valence-corrected chi connectivity index (χ1v) is 8.87. The number of nitrogens with zero attached hydrogens (tertiary/aromatic N) is 1. The third-order valence-corrected chi connectivity index (χ3v) is 4.79. The molecule has 26 heavy (non-hydrogen) atoms. The highest BCUT2D eigenvalue weighted by molar-refractivity contribution is 6.04. The number of benzene rings is 3. The van der Waals surface area contributed by atoms with Gasteiger partial charge in [-0.05, 0) is 42.3 Å². The summed E-state index contributed by atoms with van der Waals surface area (Å²) in [6.45, 7) is 2.11. The summed E-state index contributed by atoms with van der Waals surface area (Å²) in [5.41, 5.74) is 6.81. The molecule has 1 unspecified atom stereocenters. The number of hydrogen-bond acceptors (Lipinski definition) is 3. The Balaban J connectivity index is 1.75. The van der Waals surface area contributed by atoms with Gasteiger partial charge in [0.25, 0.3) is 0 Å². The number of fused-ring (bicyclic) bond motifs is 1. The minimum atomic E-state index is 0.157. The average molecular weight is 342 g/mol. The molecule has 1 aliphatic rings. The molecule has 0 saturated heterocycles. The third kappa shape index (κ3) is 3.33. The van der Waals surface area contributed by atoms with E-state index in [0.29, 0.717) is 0 Å². The highest BCUT2D eigenvalue weighted by Gasteiger charge is 2.21. The van der Waals surface area contributed by atoms with Gasteiger partial charge in [0.2, 0.25) is 0 Å². The molecule has 0 saturated carbocycles. The molecule has 0 spiro atoms. The number of nitrogens with one attached hydrogen (secondary N) is 1. The van der Waals surface area contributed by atoms with Crippen molar-refractivity contribution in [3.8, 4) is 5.75 Å². The Morgan fingerprint density at radius 2 is 1.65 bits per heavy atom. The van der Waals surface area contributed by atoms with Gasteiger partial charge in [-0.25, -0.2) is 0 Å². The zero-order valence-corrected chi connectivity index (χ0v) is 15.1. The number of anilines is 1. The predicted molar refractivity (Wildman–Crippen MR) is 108 cm³/mol. The molecule has 1 N–H and O–H groups in total. The number of para-hydroxylation sites is 2. The molecule has 130 valence electrons. The smallest absolute Gasteiger partial charge is 0.118 e. The van der Waals surface area contributed by atoms with Gasteiger partial charge in [0, 0.05) is 6.42 Å². The van der Waals surface area contributed by atoms with E-state index in [1.165, 1.54) is 16.7 Å². The molecule has 1 heterocycles. The van der Waals surface area contributed by atoms with Gasteiger partial charge in [0.1, 0.15) is 5.75 Å². The highest BCUT2D eigenvalue weighted by atomic mass is 16.5.